The molecule has 0 atom stereocenters. The number of hydrogen-bond acceptors (Lipinski definition) is 3. The molecule has 0 aliphatic heterocycles. The van der Waals surface area contributed by atoms with Crippen LogP contribution in [0, 0.1) is 18.8 Å². The fraction of sp³-hybridized carbons (Fsp3) is 0.500. The molecule has 5 heteroatoms. The van der Waals surface area contributed by atoms with Gasteiger partial charge in [0.05, 0.1) is 11.5 Å². The van der Waals surface area contributed by atoms with E-state index in [0.717, 1.165) is 5.56 Å². The summed E-state index contributed by atoms with van der Waals surface area (Å²) in [6.45, 7) is 7.46. The van der Waals surface area contributed by atoms with Crippen LogP contribution < -0.4 is 4.72 Å². The van der Waals surface area contributed by atoms with Crippen LogP contribution in [0.25, 0.3) is 0 Å². The first kappa shape index (κ1) is 17.7. The molecule has 1 aromatic rings. The van der Waals surface area contributed by atoms with Gasteiger partial charge >= 0.3 is 0 Å². The van der Waals surface area contributed by atoms with Gasteiger partial charge in [0.2, 0.25) is 10.0 Å². The molecule has 0 saturated heterocycles. The smallest absolute Gasteiger partial charge is 0.242 e. The Hall–Kier alpha value is -1.35. The Morgan fingerprint density at radius 2 is 2.00 bits per heavy atom. The van der Waals surface area contributed by atoms with E-state index < -0.39 is 15.6 Å². The molecule has 0 aromatic heterocycles. The molecule has 4 nitrogen and oxygen atoms in total. The van der Waals surface area contributed by atoms with E-state index in [1.54, 1.807) is 18.2 Å². The average molecular weight is 309 g/mol. The highest BCUT2D eigenvalue weighted by atomic mass is 32.2. The maximum Gasteiger partial charge on any atom is 0.242 e. The molecule has 0 fully saturated rings. The summed E-state index contributed by atoms with van der Waals surface area (Å²) in [5, 5.41) is 8.78. The molecule has 0 aliphatic carbocycles. The Balaban J connectivity index is 3.27. The number of aliphatic hydroxyl groups is 1. The summed E-state index contributed by atoms with van der Waals surface area (Å²) in [7, 11) is -3.63. The van der Waals surface area contributed by atoms with E-state index in [4.69, 9.17) is 5.11 Å². The molecule has 2 N–H and O–H groups in total. The van der Waals surface area contributed by atoms with Crippen molar-refractivity contribution < 1.29 is 13.5 Å². The zero-order valence-electron chi connectivity index (χ0n) is 13.0. The standard InChI is InChI=1S/C16H23NO3S/c1-5-16(3,4)17-21(19,20)15-10-9-13(2)12-14(15)8-6-7-11-18/h9-10,12,17-18H,5,7,11H2,1-4H3. The Bertz CT molecular complexity index is 652. The summed E-state index contributed by atoms with van der Waals surface area (Å²) in [6, 6.07) is 5.08. The van der Waals surface area contributed by atoms with Crippen molar-refractivity contribution >= 4 is 10.0 Å². The predicted molar refractivity (Wildman–Crippen MR) is 84.5 cm³/mol. The van der Waals surface area contributed by atoms with Gasteiger partial charge in [0.1, 0.15) is 0 Å². The van der Waals surface area contributed by atoms with Gasteiger partial charge in [-0.05, 0) is 44.9 Å². The molecule has 0 radical (unpaired) electrons. The van der Waals surface area contributed by atoms with Crippen molar-refractivity contribution in [2.24, 2.45) is 0 Å². The maximum absolute atomic E-state index is 12.5. The molecule has 21 heavy (non-hydrogen) atoms. The van der Waals surface area contributed by atoms with Gasteiger partial charge in [0.15, 0.2) is 0 Å². The third-order valence-electron chi connectivity index (χ3n) is 3.18. The van der Waals surface area contributed by atoms with E-state index in [1.807, 2.05) is 27.7 Å². The van der Waals surface area contributed by atoms with E-state index in [2.05, 4.69) is 16.6 Å². The van der Waals surface area contributed by atoms with E-state index in [9.17, 15) is 8.42 Å². The lowest BCUT2D eigenvalue weighted by atomic mass is 10.0. The predicted octanol–water partition coefficient (Wildman–Crippen LogP) is 2.20. The van der Waals surface area contributed by atoms with E-state index in [-0.39, 0.29) is 11.5 Å². The molecule has 116 valence electrons. The molecular weight excluding hydrogens is 286 g/mol. The lowest BCUT2D eigenvalue weighted by Crippen LogP contribution is -2.42. The highest BCUT2D eigenvalue weighted by Crippen LogP contribution is 2.20. The van der Waals surface area contributed by atoms with Gasteiger partial charge in [-0.15, -0.1) is 0 Å². The second-order valence-electron chi connectivity index (χ2n) is 5.62. The number of sulfonamides is 1. The van der Waals surface area contributed by atoms with Crippen LogP contribution in [0.5, 0.6) is 0 Å². The number of nitrogens with one attached hydrogen (secondary N) is 1. The molecule has 0 heterocycles. The van der Waals surface area contributed by atoms with Crippen LogP contribution in [0.1, 0.15) is 44.7 Å². The minimum atomic E-state index is -3.63. The number of benzene rings is 1. The van der Waals surface area contributed by atoms with Gasteiger partial charge in [-0.3, -0.25) is 0 Å². The zero-order chi connectivity index (χ0) is 16.1. The highest BCUT2D eigenvalue weighted by molar-refractivity contribution is 7.89. The van der Waals surface area contributed by atoms with Gasteiger partial charge in [0.25, 0.3) is 0 Å². The van der Waals surface area contributed by atoms with Crippen molar-refractivity contribution in [3.63, 3.8) is 0 Å². The molecule has 1 aromatic carbocycles. The molecule has 0 aliphatic rings. The summed E-state index contributed by atoms with van der Waals surface area (Å²) in [4.78, 5) is 0.181. The summed E-state index contributed by atoms with van der Waals surface area (Å²) in [6.07, 6.45) is 1.00. The fourth-order valence-corrected chi connectivity index (χ4v) is 3.31. The number of hydrogen-bond donors (Lipinski definition) is 2. The van der Waals surface area contributed by atoms with Gasteiger partial charge in [-0.2, -0.15) is 0 Å². The fourth-order valence-electron chi connectivity index (χ4n) is 1.68. The van der Waals surface area contributed by atoms with E-state index in [0.29, 0.717) is 18.4 Å². The molecule has 0 amide bonds. The van der Waals surface area contributed by atoms with Crippen LogP contribution in [0.2, 0.25) is 0 Å². The second-order valence-corrected chi connectivity index (χ2v) is 7.27. The first-order chi connectivity index (χ1) is 9.72. The molecule has 0 unspecified atom stereocenters. The Morgan fingerprint density at radius 1 is 1.33 bits per heavy atom. The number of aliphatic hydroxyl groups excluding tert-OH is 1. The minimum absolute atomic E-state index is 0.0397. The largest absolute Gasteiger partial charge is 0.395 e. The molecule has 1 rings (SSSR count). The minimum Gasteiger partial charge on any atom is -0.395 e. The topological polar surface area (TPSA) is 66.4 Å². The molecule has 0 spiro atoms. The number of rotatable bonds is 5. The normalized spacial score (nSPS) is 11.9. The lowest BCUT2D eigenvalue weighted by molar-refractivity contribution is 0.305. The molecule has 0 bridgehead atoms. The van der Waals surface area contributed by atoms with Crippen molar-refractivity contribution in [2.75, 3.05) is 6.61 Å². The monoisotopic (exact) mass is 309 g/mol. The summed E-state index contributed by atoms with van der Waals surface area (Å²) >= 11 is 0. The van der Waals surface area contributed by atoms with Crippen molar-refractivity contribution in [1.29, 1.82) is 0 Å². The zero-order valence-corrected chi connectivity index (χ0v) is 13.8. The van der Waals surface area contributed by atoms with Crippen LogP contribution in [-0.4, -0.2) is 25.7 Å². The van der Waals surface area contributed by atoms with Gasteiger partial charge < -0.3 is 5.11 Å². The molecular formula is C16H23NO3S. The van der Waals surface area contributed by atoms with Crippen LogP contribution in [0.4, 0.5) is 0 Å². The van der Waals surface area contributed by atoms with Crippen molar-refractivity contribution in [2.45, 2.75) is 51.0 Å². The van der Waals surface area contributed by atoms with Crippen molar-refractivity contribution in [1.82, 2.24) is 4.72 Å². The highest BCUT2D eigenvalue weighted by Gasteiger charge is 2.26. The Kier molecular flexibility index (Phi) is 5.97. The average Bonchev–Trinajstić information content (AvgIpc) is 2.37. The van der Waals surface area contributed by atoms with E-state index >= 15 is 0 Å². The van der Waals surface area contributed by atoms with Crippen molar-refractivity contribution in [3.05, 3.63) is 29.3 Å². The van der Waals surface area contributed by atoms with Crippen LogP contribution in [-0.2, 0) is 10.0 Å². The van der Waals surface area contributed by atoms with Crippen molar-refractivity contribution in [3.8, 4) is 11.8 Å². The number of aryl methyl sites for hydroxylation is 1. The summed E-state index contributed by atoms with van der Waals surface area (Å²) in [5.41, 5.74) is 0.888. The lowest BCUT2D eigenvalue weighted by Gasteiger charge is -2.24. The summed E-state index contributed by atoms with van der Waals surface area (Å²) < 4.78 is 27.8. The Morgan fingerprint density at radius 3 is 2.57 bits per heavy atom. The first-order valence-corrected chi connectivity index (χ1v) is 8.44. The summed E-state index contributed by atoms with van der Waals surface area (Å²) in [5.74, 6) is 5.61. The third-order valence-corrected chi connectivity index (χ3v) is 4.94. The van der Waals surface area contributed by atoms with E-state index in [1.165, 1.54) is 0 Å². The second kappa shape index (κ2) is 7.08. The van der Waals surface area contributed by atoms with Crippen LogP contribution in [0.3, 0.4) is 0 Å². The maximum atomic E-state index is 12.5. The molecule has 0 saturated carbocycles. The van der Waals surface area contributed by atoms with Gasteiger partial charge in [-0.25, -0.2) is 13.1 Å². The quantitative estimate of drug-likeness (QED) is 0.819. The Labute approximate surface area is 127 Å². The van der Waals surface area contributed by atoms with Gasteiger partial charge in [0, 0.05) is 17.5 Å². The first-order valence-electron chi connectivity index (χ1n) is 6.96. The van der Waals surface area contributed by atoms with Crippen LogP contribution in [0.15, 0.2) is 23.1 Å². The SMILES string of the molecule is CCC(C)(C)NS(=O)(=O)c1ccc(C)cc1C#CCCO. The van der Waals surface area contributed by atoms with Crippen LogP contribution >= 0.6 is 0 Å². The van der Waals surface area contributed by atoms with Gasteiger partial charge in [-0.1, -0.05) is 24.8 Å². The third kappa shape index (κ3) is 5.16.